The normalized spacial score (nSPS) is 19.0. The molecule has 0 aromatic heterocycles. The molecule has 1 fully saturated rings. The van der Waals surface area contributed by atoms with Crippen LogP contribution in [-0.4, -0.2) is 89.2 Å². The largest absolute Gasteiger partial charge is 0.479 e. The quantitative estimate of drug-likeness (QED) is 0.0228. The van der Waals surface area contributed by atoms with E-state index in [1.807, 2.05) is 0 Å². The molecule has 0 aliphatic carbocycles. The predicted molar refractivity (Wildman–Crippen MR) is 276 cm³/mol. The van der Waals surface area contributed by atoms with E-state index in [-0.39, 0.29) is 25.9 Å². The molecular weight excluding hydrogens is 877 g/mol. The first-order chi connectivity index (χ1) is 33.6. The highest BCUT2D eigenvalue weighted by atomic mass is 16.7. The standard InChI is InChI=1S/C57H98O12/c1-4-7-10-13-16-19-22-25-28-31-34-37-40-43-49(58)65-46-48(67-50(59)44-41-38-35-32-29-26-23-20-17-14-11-8-5-2)47-66-57-55(53(62)52(61)54(69-57)56(63)64)68-51(60)45-42-39-36-33-30-27-24-21-18-15-12-9-6-3/h10,12-13,15,19,21-22,24,48,52-55,57,61-62H,4-9,11,14,16-18,20,23,25-47H2,1-3H3,(H,63,64)/b13-10-,15-12-,22-19-,24-21-. The van der Waals surface area contributed by atoms with Crippen LogP contribution < -0.4 is 0 Å². The number of allylic oxidation sites excluding steroid dienone is 8. The monoisotopic (exact) mass is 975 g/mol. The summed E-state index contributed by atoms with van der Waals surface area (Å²) in [6.07, 6.45) is 40.9. The zero-order valence-corrected chi connectivity index (χ0v) is 43.6. The summed E-state index contributed by atoms with van der Waals surface area (Å²) in [5.41, 5.74) is 0. The molecule has 1 heterocycles. The van der Waals surface area contributed by atoms with E-state index in [2.05, 4.69) is 69.4 Å². The fraction of sp³-hybridized carbons (Fsp3) is 0.789. The third-order valence-electron chi connectivity index (χ3n) is 12.3. The zero-order valence-electron chi connectivity index (χ0n) is 43.6. The number of rotatable bonds is 46. The fourth-order valence-corrected chi connectivity index (χ4v) is 8.09. The van der Waals surface area contributed by atoms with Crippen LogP contribution in [0.5, 0.6) is 0 Å². The Morgan fingerprint density at radius 3 is 1.36 bits per heavy atom. The van der Waals surface area contributed by atoms with Crippen molar-refractivity contribution in [3.8, 4) is 0 Å². The summed E-state index contributed by atoms with van der Waals surface area (Å²) in [7, 11) is 0. The second-order valence-electron chi connectivity index (χ2n) is 18.9. The number of esters is 3. The van der Waals surface area contributed by atoms with Crippen molar-refractivity contribution in [2.24, 2.45) is 0 Å². The van der Waals surface area contributed by atoms with E-state index in [1.54, 1.807) is 0 Å². The number of hydrogen-bond donors (Lipinski definition) is 3. The van der Waals surface area contributed by atoms with Gasteiger partial charge in [0.25, 0.3) is 0 Å². The maximum absolute atomic E-state index is 13.1. The number of aliphatic carboxylic acids is 1. The molecule has 1 saturated heterocycles. The van der Waals surface area contributed by atoms with Gasteiger partial charge in [0.15, 0.2) is 24.6 Å². The van der Waals surface area contributed by atoms with E-state index in [9.17, 15) is 34.5 Å². The summed E-state index contributed by atoms with van der Waals surface area (Å²) >= 11 is 0. The molecule has 0 aromatic carbocycles. The second-order valence-corrected chi connectivity index (χ2v) is 18.9. The number of carboxylic acids is 1. The molecule has 6 atom stereocenters. The Kier molecular flexibility index (Phi) is 42.3. The van der Waals surface area contributed by atoms with E-state index in [4.69, 9.17) is 23.7 Å². The Morgan fingerprint density at radius 2 is 0.899 bits per heavy atom. The van der Waals surface area contributed by atoms with Crippen molar-refractivity contribution in [3.63, 3.8) is 0 Å². The molecule has 3 N–H and O–H groups in total. The summed E-state index contributed by atoms with van der Waals surface area (Å²) in [6, 6.07) is 0. The summed E-state index contributed by atoms with van der Waals surface area (Å²) in [5, 5.41) is 31.4. The first-order valence-corrected chi connectivity index (χ1v) is 27.6. The molecule has 0 aromatic rings. The lowest BCUT2D eigenvalue weighted by Gasteiger charge is -2.40. The number of aliphatic hydroxyl groups is 2. The van der Waals surface area contributed by atoms with Gasteiger partial charge in [-0.3, -0.25) is 14.4 Å². The predicted octanol–water partition coefficient (Wildman–Crippen LogP) is 13.4. The molecule has 0 amide bonds. The molecule has 12 heteroatoms. The van der Waals surface area contributed by atoms with Crippen LogP contribution in [0.25, 0.3) is 0 Å². The minimum absolute atomic E-state index is 0.0440. The van der Waals surface area contributed by atoms with Gasteiger partial charge in [-0.05, 0) is 70.6 Å². The SMILES string of the molecule is CCC/C=C\C/C=C\CCCCCCCC(=O)OCC(COC1OC(C(=O)O)C(O)C(O)C1OC(=O)CCCCCCC/C=C\C/C=C\CCC)OC(=O)CCCCCCCCCCCCCCC. The first kappa shape index (κ1) is 63.7. The molecule has 0 spiro atoms. The van der Waals surface area contributed by atoms with Crippen molar-refractivity contribution in [2.75, 3.05) is 13.2 Å². The van der Waals surface area contributed by atoms with E-state index in [0.717, 1.165) is 122 Å². The summed E-state index contributed by atoms with van der Waals surface area (Å²) in [4.78, 5) is 50.9. The molecular formula is C57H98O12. The summed E-state index contributed by atoms with van der Waals surface area (Å²) < 4.78 is 28.3. The van der Waals surface area contributed by atoms with Gasteiger partial charge in [-0.15, -0.1) is 0 Å². The molecule has 0 saturated carbocycles. The topological polar surface area (TPSA) is 175 Å². The van der Waals surface area contributed by atoms with Crippen molar-refractivity contribution < 1.29 is 58.2 Å². The molecule has 1 rings (SSSR count). The number of aliphatic hydroxyl groups excluding tert-OH is 2. The van der Waals surface area contributed by atoms with Gasteiger partial charge in [-0.2, -0.15) is 0 Å². The van der Waals surface area contributed by atoms with E-state index < -0.39 is 67.3 Å². The summed E-state index contributed by atoms with van der Waals surface area (Å²) in [5.74, 6) is -3.15. The van der Waals surface area contributed by atoms with Crippen molar-refractivity contribution in [2.45, 2.75) is 276 Å². The zero-order chi connectivity index (χ0) is 50.4. The second kappa shape index (κ2) is 45.8. The van der Waals surface area contributed by atoms with E-state index >= 15 is 0 Å². The molecule has 0 radical (unpaired) electrons. The molecule has 1 aliphatic heterocycles. The molecule has 6 unspecified atom stereocenters. The van der Waals surface area contributed by atoms with Gasteiger partial charge in [0.05, 0.1) is 6.61 Å². The van der Waals surface area contributed by atoms with Gasteiger partial charge in [-0.1, -0.05) is 198 Å². The van der Waals surface area contributed by atoms with Crippen LogP contribution in [0.2, 0.25) is 0 Å². The Labute approximate surface area is 418 Å². The Balaban J connectivity index is 2.73. The summed E-state index contributed by atoms with van der Waals surface area (Å²) in [6.45, 7) is 5.83. The number of carboxylic acid groups (broad SMARTS) is 1. The highest BCUT2D eigenvalue weighted by Crippen LogP contribution is 2.26. The fourth-order valence-electron chi connectivity index (χ4n) is 8.09. The smallest absolute Gasteiger partial charge is 0.335 e. The lowest BCUT2D eigenvalue weighted by Crippen LogP contribution is -2.61. The van der Waals surface area contributed by atoms with Crippen molar-refractivity contribution in [1.29, 1.82) is 0 Å². The maximum Gasteiger partial charge on any atom is 0.335 e. The van der Waals surface area contributed by atoms with E-state index in [0.29, 0.717) is 19.3 Å². The molecule has 0 bridgehead atoms. The van der Waals surface area contributed by atoms with Gasteiger partial charge >= 0.3 is 23.9 Å². The number of unbranched alkanes of at least 4 members (excludes halogenated alkanes) is 24. The van der Waals surface area contributed by atoms with Gasteiger partial charge in [0, 0.05) is 19.3 Å². The number of hydrogen-bond acceptors (Lipinski definition) is 11. The van der Waals surface area contributed by atoms with Gasteiger partial charge in [0.2, 0.25) is 0 Å². The van der Waals surface area contributed by atoms with Crippen LogP contribution in [0, 0.1) is 0 Å². The lowest BCUT2D eigenvalue weighted by atomic mass is 9.98. The van der Waals surface area contributed by atoms with Gasteiger partial charge < -0.3 is 39.0 Å². The maximum atomic E-state index is 13.1. The minimum Gasteiger partial charge on any atom is -0.479 e. The minimum atomic E-state index is -1.91. The molecule has 69 heavy (non-hydrogen) atoms. The van der Waals surface area contributed by atoms with Crippen LogP contribution >= 0.6 is 0 Å². The van der Waals surface area contributed by atoms with Gasteiger partial charge in [0.1, 0.15) is 18.8 Å². The Morgan fingerprint density at radius 1 is 0.478 bits per heavy atom. The number of carbonyl (C=O) groups is 4. The van der Waals surface area contributed by atoms with Crippen molar-refractivity contribution in [3.05, 3.63) is 48.6 Å². The first-order valence-electron chi connectivity index (χ1n) is 27.6. The number of carbonyl (C=O) groups excluding carboxylic acids is 3. The average Bonchev–Trinajstić information content (AvgIpc) is 3.33. The third-order valence-corrected chi connectivity index (χ3v) is 12.3. The van der Waals surface area contributed by atoms with Crippen LogP contribution in [0.15, 0.2) is 48.6 Å². The molecule has 1 aliphatic rings. The van der Waals surface area contributed by atoms with Crippen LogP contribution in [-0.2, 0) is 42.9 Å². The van der Waals surface area contributed by atoms with Crippen molar-refractivity contribution >= 4 is 23.9 Å². The van der Waals surface area contributed by atoms with Crippen molar-refractivity contribution in [1.82, 2.24) is 0 Å². The lowest BCUT2D eigenvalue weighted by molar-refractivity contribution is -0.301. The Hall–Kier alpha value is -3.32. The number of ether oxygens (including phenoxy) is 5. The molecule has 12 nitrogen and oxygen atoms in total. The third kappa shape index (κ3) is 36.3. The van der Waals surface area contributed by atoms with Crippen LogP contribution in [0.3, 0.4) is 0 Å². The highest BCUT2D eigenvalue weighted by Gasteiger charge is 2.50. The van der Waals surface area contributed by atoms with E-state index in [1.165, 1.54) is 57.8 Å². The van der Waals surface area contributed by atoms with Crippen LogP contribution in [0.1, 0.15) is 239 Å². The average molecular weight is 975 g/mol. The highest BCUT2D eigenvalue weighted by molar-refractivity contribution is 5.74. The Bertz CT molecular complexity index is 1390. The van der Waals surface area contributed by atoms with Crippen LogP contribution in [0.4, 0.5) is 0 Å². The molecule has 398 valence electrons. The van der Waals surface area contributed by atoms with Gasteiger partial charge in [-0.25, -0.2) is 4.79 Å².